The van der Waals surface area contributed by atoms with Gasteiger partial charge in [-0.05, 0) is 78.9 Å². The van der Waals surface area contributed by atoms with Crippen LogP contribution in [0.15, 0.2) is 0 Å². The number of cyclic esters (lactones) is 1. The van der Waals surface area contributed by atoms with Gasteiger partial charge in [0.25, 0.3) is 0 Å². The summed E-state index contributed by atoms with van der Waals surface area (Å²) in [5, 5.41) is 0. The first-order valence-electron chi connectivity index (χ1n) is 8.84. The Labute approximate surface area is 121 Å². The maximum absolute atomic E-state index is 11.4. The molecule has 0 spiro atoms. The third-order valence-corrected chi connectivity index (χ3v) is 8.29. The molecule has 0 aromatic heterocycles. The Kier molecular flexibility index (Phi) is 2.30. The van der Waals surface area contributed by atoms with Gasteiger partial charge in [0.2, 0.25) is 0 Å². The van der Waals surface area contributed by atoms with Gasteiger partial charge in [-0.25, -0.2) is 0 Å². The lowest BCUT2D eigenvalue weighted by atomic mass is 9.61. The fourth-order valence-electron chi connectivity index (χ4n) is 7.55. The molecule has 4 bridgehead atoms. The molecule has 20 heavy (non-hydrogen) atoms. The van der Waals surface area contributed by atoms with Crippen molar-refractivity contribution in [2.24, 2.45) is 53.3 Å². The first-order valence-corrected chi connectivity index (χ1v) is 8.84. The van der Waals surface area contributed by atoms with Gasteiger partial charge >= 0.3 is 5.97 Å². The third-order valence-electron chi connectivity index (χ3n) is 8.29. The van der Waals surface area contributed by atoms with E-state index in [0.717, 1.165) is 59.7 Å². The highest BCUT2D eigenvalue weighted by atomic mass is 16.5. The second-order valence-corrected chi connectivity index (χ2v) is 8.56. The van der Waals surface area contributed by atoms with E-state index >= 15 is 0 Å². The summed E-state index contributed by atoms with van der Waals surface area (Å²) in [6, 6.07) is 0. The van der Waals surface area contributed by atoms with Crippen LogP contribution in [0.5, 0.6) is 0 Å². The van der Waals surface area contributed by atoms with Crippen LogP contribution in [0.3, 0.4) is 0 Å². The van der Waals surface area contributed by atoms with Crippen LogP contribution in [0.4, 0.5) is 0 Å². The summed E-state index contributed by atoms with van der Waals surface area (Å²) in [5.41, 5.74) is 0. The normalized spacial score (nSPS) is 63.0. The molecular formula is C18H26O2. The molecule has 10 unspecified atom stereocenters. The lowest BCUT2D eigenvalue weighted by molar-refractivity contribution is -0.144. The van der Waals surface area contributed by atoms with Crippen molar-refractivity contribution in [2.75, 3.05) is 0 Å². The molecular weight excluding hydrogens is 248 g/mol. The van der Waals surface area contributed by atoms with Crippen molar-refractivity contribution in [2.45, 2.75) is 52.1 Å². The number of carbonyl (C=O) groups excluding carboxylic acids is 1. The average Bonchev–Trinajstić information content (AvgIpc) is 3.16. The van der Waals surface area contributed by atoms with Gasteiger partial charge in [-0.1, -0.05) is 13.8 Å². The highest BCUT2D eigenvalue weighted by Gasteiger charge is 2.66. The number of hydrogen-bond donors (Lipinski definition) is 0. The van der Waals surface area contributed by atoms with Gasteiger partial charge in [0.1, 0.15) is 6.10 Å². The van der Waals surface area contributed by atoms with E-state index in [1.54, 1.807) is 0 Å². The quantitative estimate of drug-likeness (QED) is 0.540. The number of fused-ring (bicyclic) bond motifs is 9. The molecule has 0 radical (unpaired) electrons. The lowest BCUT2D eigenvalue weighted by Gasteiger charge is -2.44. The van der Waals surface area contributed by atoms with Gasteiger partial charge in [-0.3, -0.25) is 4.79 Å². The molecule has 4 aliphatic carbocycles. The van der Waals surface area contributed by atoms with Crippen molar-refractivity contribution >= 4 is 5.97 Å². The zero-order valence-corrected chi connectivity index (χ0v) is 12.6. The van der Waals surface area contributed by atoms with Gasteiger partial charge in [0.15, 0.2) is 0 Å². The largest absolute Gasteiger partial charge is 0.462 e. The predicted octanol–water partition coefficient (Wildman–Crippen LogP) is 3.50. The molecule has 2 nitrogen and oxygen atoms in total. The van der Waals surface area contributed by atoms with Gasteiger partial charge in [-0.15, -0.1) is 0 Å². The summed E-state index contributed by atoms with van der Waals surface area (Å²) in [7, 11) is 0. The molecule has 5 fully saturated rings. The highest BCUT2D eigenvalue weighted by molar-refractivity contribution is 5.71. The lowest BCUT2D eigenvalue weighted by Crippen LogP contribution is -2.41. The predicted molar refractivity (Wildman–Crippen MR) is 75.7 cm³/mol. The van der Waals surface area contributed by atoms with E-state index in [0.29, 0.717) is 6.42 Å². The van der Waals surface area contributed by atoms with Crippen LogP contribution in [0.1, 0.15) is 46.0 Å². The summed E-state index contributed by atoms with van der Waals surface area (Å²) in [6.07, 6.45) is 6.30. The molecule has 10 atom stereocenters. The van der Waals surface area contributed by atoms with Crippen LogP contribution in [-0.4, -0.2) is 12.1 Å². The number of carbonyl (C=O) groups is 1. The Bertz CT molecular complexity index is 458. The van der Waals surface area contributed by atoms with Gasteiger partial charge in [0.05, 0.1) is 0 Å². The monoisotopic (exact) mass is 274 g/mol. The Morgan fingerprint density at radius 2 is 1.60 bits per heavy atom. The molecule has 110 valence electrons. The van der Waals surface area contributed by atoms with Crippen molar-refractivity contribution in [3.05, 3.63) is 0 Å². The first kappa shape index (κ1) is 12.1. The number of esters is 1. The van der Waals surface area contributed by atoms with E-state index in [9.17, 15) is 4.79 Å². The van der Waals surface area contributed by atoms with Crippen molar-refractivity contribution in [1.29, 1.82) is 0 Å². The van der Waals surface area contributed by atoms with E-state index in [1.807, 2.05) is 0 Å². The van der Waals surface area contributed by atoms with E-state index in [2.05, 4.69) is 13.8 Å². The fourth-order valence-corrected chi connectivity index (χ4v) is 7.55. The second-order valence-electron chi connectivity index (χ2n) is 8.56. The number of ether oxygens (including phenoxy) is 1. The average molecular weight is 274 g/mol. The molecule has 5 aliphatic rings. The molecule has 1 heterocycles. The third kappa shape index (κ3) is 1.30. The minimum absolute atomic E-state index is 0.0595. The van der Waals surface area contributed by atoms with Crippen LogP contribution in [0.2, 0.25) is 0 Å². The van der Waals surface area contributed by atoms with Gasteiger partial charge < -0.3 is 4.74 Å². The van der Waals surface area contributed by atoms with Crippen LogP contribution in [-0.2, 0) is 9.53 Å². The summed E-state index contributed by atoms with van der Waals surface area (Å²) < 4.78 is 5.64. The van der Waals surface area contributed by atoms with Crippen molar-refractivity contribution in [3.63, 3.8) is 0 Å². The standard InChI is InChI=1S/C18H26O2/c1-8-9(2)12-7-11(8)17-10-5-13(14(6-10)18(12)17)15-3-4-16(19)20-15/h8-15,17-18H,3-7H2,1-2H3. The molecule has 5 rings (SSSR count). The molecule has 0 amide bonds. The minimum Gasteiger partial charge on any atom is -0.462 e. The van der Waals surface area contributed by atoms with Crippen LogP contribution in [0.25, 0.3) is 0 Å². The smallest absolute Gasteiger partial charge is 0.306 e. The van der Waals surface area contributed by atoms with Gasteiger partial charge in [0, 0.05) is 6.42 Å². The van der Waals surface area contributed by atoms with Gasteiger partial charge in [-0.2, -0.15) is 0 Å². The Morgan fingerprint density at radius 3 is 2.30 bits per heavy atom. The number of hydrogen-bond acceptors (Lipinski definition) is 2. The molecule has 0 N–H and O–H groups in total. The maximum Gasteiger partial charge on any atom is 0.306 e. The highest BCUT2D eigenvalue weighted by Crippen LogP contribution is 2.71. The number of rotatable bonds is 1. The molecule has 0 aromatic rings. The first-order chi connectivity index (χ1) is 9.65. The summed E-state index contributed by atoms with van der Waals surface area (Å²) >= 11 is 0. The molecule has 2 heteroatoms. The SMILES string of the molecule is CC1C(C)C2CC1C1C3CC(C4CCC(=O)O4)C(C3)C21. The molecule has 1 aliphatic heterocycles. The zero-order valence-electron chi connectivity index (χ0n) is 12.6. The van der Waals surface area contributed by atoms with E-state index in [-0.39, 0.29) is 12.1 Å². The van der Waals surface area contributed by atoms with Crippen molar-refractivity contribution < 1.29 is 9.53 Å². The Morgan fingerprint density at radius 1 is 0.900 bits per heavy atom. The van der Waals surface area contributed by atoms with E-state index < -0.39 is 0 Å². The fraction of sp³-hybridized carbons (Fsp3) is 0.944. The molecule has 0 aromatic carbocycles. The van der Waals surface area contributed by atoms with Crippen molar-refractivity contribution in [3.8, 4) is 0 Å². The molecule has 1 saturated heterocycles. The van der Waals surface area contributed by atoms with Crippen molar-refractivity contribution in [1.82, 2.24) is 0 Å². The van der Waals surface area contributed by atoms with Crippen LogP contribution < -0.4 is 0 Å². The topological polar surface area (TPSA) is 26.3 Å². The minimum atomic E-state index is 0.0595. The maximum atomic E-state index is 11.4. The molecule has 4 saturated carbocycles. The zero-order chi connectivity index (χ0) is 13.6. The summed E-state index contributed by atoms with van der Waals surface area (Å²) in [4.78, 5) is 11.4. The Balaban J connectivity index is 1.42. The summed E-state index contributed by atoms with van der Waals surface area (Å²) in [6.45, 7) is 5.01. The van der Waals surface area contributed by atoms with E-state index in [1.165, 1.54) is 19.3 Å². The second kappa shape index (κ2) is 3.81. The Hall–Kier alpha value is -0.530. The summed E-state index contributed by atoms with van der Waals surface area (Å²) in [5.74, 6) is 8.61. The van der Waals surface area contributed by atoms with E-state index in [4.69, 9.17) is 4.74 Å². The van der Waals surface area contributed by atoms with Crippen LogP contribution >= 0.6 is 0 Å². The van der Waals surface area contributed by atoms with Crippen LogP contribution in [0, 0.1) is 53.3 Å².